The van der Waals surface area contributed by atoms with Crippen LogP contribution < -0.4 is 4.74 Å². The predicted molar refractivity (Wildman–Crippen MR) is 60.6 cm³/mol. The zero-order valence-electron chi connectivity index (χ0n) is 7.94. The molecule has 0 fully saturated rings. The molecule has 80 valence electrons. The molecular weight excluding hydrogens is 236 g/mol. The lowest BCUT2D eigenvalue weighted by molar-refractivity contribution is -0.131. The Morgan fingerprint density at radius 3 is 2.93 bits per heavy atom. The first-order valence-electron chi connectivity index (χ1n) is 4.03. The van der Waals surface area contributed by atoms with Gasteiger partial charge in [0.1, 0.15) is 5.75 Å². The number of hydrogen-bond donors (Lipinski definition) is 1. The van der Waals surface area contributed by atoms with Crippen LogP contribution in [-0.4, -0.2) is 18.2 Å². The van der Waals surface area contributed by atoms with E-state index in [4.69, 9.17) is 21.4 Å². The number of rotatable bonds is 4. The SMILES string of the molecule is COc1ccc(Cl)cc1S/C=C/C(=O)O. The second kappa shape index (κ2) is 5.68. The van der Waals surface area contributed by atoms with Crippen LogP contribution >= 0.6 is 23.4 Å². The predicted octanol–water partition coefficient (Wildman–Crippen LogP) is 3.04. The zero-order chi connectivity index (χ0) is 11.3. The molecular formula is C10H9ClO3S. The summed E-state index contributed by atoms with van der Waals surface area (Å²) in [5.41, 5.74) is 0. The molecule has 1 rings (SSSR count). The third-order valence-corrected chi connectivity index (χ3v) is 2.61. The minimum absolute atomic E-state index is 0.585. The van der Waals surface area contributed by atoms with Gasteiger partial charge in [-0.2, -0.15) is 0 Å². The standard InChI is InChI=1S/C10H9ClO3S/c1-14-8-3-2-7(11)6-9(8)15-5-4-10(12)13/h2-6H,1H3,(H,12,13)/b5-4+. The first-order chi connectivity index (χ1) is 7.13. The van der Waals surface area contributed by atoms with Crippen molar-refractivity contribution in [1.29, 1.82) is 0 Å². The monoisotopic (exact) mass is 244 g/mol. The number of aliphatic carboxylic acids is 1. The normalized spacial score (nSPS) is 10.5. The number of benzene rings is 1. The van der Waals surface area contributed by atoms with Gasteiger partial charge < -0.3 is 9.84 Å². The summed E-state index contributed by atoms with van der Waals surface area (Å²) in [6.07, 6.45) is 1.06. The molecule has 1 N–H and O–H groups in total. The van der Waals surface area contributed by atoms with Gasteiger partial charge in [0.15, 0.2) is 0 Å². The zero-order valence-corrected chi connectivity index (χ0v) is 9.51. The molecule has 0 saturated carbocycles. The van der Waals surface area contributed by atoms with Gasteiger partial charge in [0.05, 0.1) is 12.0 Å². The van der Waals surface area contributed by atoms with Crippen LogP contribution in [0.15, 0.2) is 34.6 Å². The quantitative estimate of drug-likeness (QED) is 0.653. The number of halogens is 1. The molecule has 0 aromatic heterocycles. The summed E-state index contributed by atoms with van der Waals surface area (Å²) in [5, 5.41) is 10.5. The van der Waals surface area contributed by atoms with Crippen molar-refractivity contribution in [2.24, 2.45) is 0 Å². The maximum Gasteiger partial charge on any atom is 0.328 e. The largest absolute Gasteiger partial charge is 0.496 e. The summed E-state index contributed by atoms with van der Waals surface area (Å²) < 4.78 is 5.10. The molecule has 0 aliphatic heterocycles. The van der Waals surface area contributed by atoms with E-state index < -0.39 is 5.97 Å². The molecule has 5 heteroatoms. The van der Waals surface area contributed by atoms with Crippen molar-refractivity contribution in [3.8, 4) is 5.75 Å². The van der Waals surface area contributed by atoms with Gasteiger partial charge in [-0.1, -0.05) is 23.4 Å². The van der Waals surface area contributed by atoms with Gasteiger partial charge in [-0.3, -0.25) is 0 Å². The average molecular weight is 245 g/mol. The highest BCUT2D eigenvalue weighted by Crippen LogP contribution is 2.32. The van der Waals surface area contributed by atoms with Crippen molar-refractivity contribution in [3.05, 3.63) is 34.7 Å². The van der Waals surface area contributed by atoms with Crippen molar-refractivity contribution in [3.63, 3.8) is 0 Å². The van der Waals surface area contributed by atoms with Crippen LogP contribution in [-0.2, 0) is 4.79 Å². The molecule has 0 unspecified atom stereocenters. The third-order valence-electron chi connectivity index (χ3n) is 1.53. The van der Waals surface area contributed by atoms with E-state index in [-0.39, 0.29) is 0 Å². The highest BCUT2D eigenvalue weighted by Gasteiger charge is 2.02. The molecule has 1 aromatic rings. The molecule has 0 atom stereocenters. The van der Waals surface area contributed by atoms with E-state index in [9.17, 15) is 4.79 Å². The van der Waals surface area contributed by atoms with E-state index >= 15 is 0 Å². The number of ether oxygens (including phenoxy) is 1. The number of carboxylic acids is 1. The second-order valence-electron chi connectivity index (χ2n) is 2.55. The first-order valence-corrected chi connectivity index (χ1v) is 5.29. The summed E-state index contributed by atoms with van der Waals surface area (Å²) in [5.74, 6) is -0.317. The van der Waals surface area contributed by atoms with Crippen molar-refractivity contribution >= 4 is 29.3 Å². The summed E-state index contributed by atoms with van der Waals surface area (Å²) in [7, 11) is 1.55. The van der Waals surface area contributed by atoms with Crippen LogP contribution in [0, 0.1) is 0 Å². The fraction of sp³-hybridized carbons (Fsp3) is 0.100. The van der Waals surface area contributed by atoms with Crippen LogP contribution in [0.2, 0.25) is 5.02 Å². The van der Waals surface area contributed by atoms with E-state index in [0.29, 0.717) is 10.8 Å². The van der Waals surface area contributed by atoms with E-state index in [1.165, 1.54) is 17.2 Å². The molecule has 0 aliphatic carbocycles. The fourth-order valence-electron chi connectivity index (χ4n) is 0.908. The van der Waals surface area contributed by atoms with Crippen molar-refractivity contribution in [1.82, 2.24) is 0 Å². The van der Waals surface area contributed by atoms with Crippen LogP contribution in [0.25, 0.3) is 0 Å². The highest BCUT2D eigenvalue weighted by atomic mass is 35.5. The third kappa shape index (κ3) is 3.85. The number of carboxylic acid groups (broad SMARTS) is 1. The van der Waals surface area contributed by atoms with Gasteiger partial charge in [-0.15, -0.1) is 0 Å². The van der Waals surface area contributed by atoms with Gasteiger partial charge in [-0.05, 0) is 23.6 Å². The summed E-state index contributed by atoms with van der Waals surface area (Å²) in [6, 6.07) is 5.17. The Hall–Kier alpha value is -1.13. The summed E-state index contributed by atoms with van der Waals surface area (Å²) >= 11 is 7.05. The van der Waals surface area contributed by atoms with E-state index in [0.717, 1.165) is 11.0 Å². The Kier molecular flexibility index (Phi) is 4.52. The van der Waals surface area contributed by atoms with Crippen molar-refractivity contribution < 1.29 is 14.6 Å². The lowest BCUT2D eigenvalue weighted by atomic mass is 10.3. The van der Waals surface area contributed by atoms with Crippen LogP contribution in [0.4, 0.5) is 0 Å². The van der Waals surface area contributed by atoms with Crippen LogP contribution in [0.3, 0.4) is 0 Å². The molecule has 0 aliphatic rings. The van der Waals surface area contributed by atoms with Crippen molar-refractivity contribution in [2.75, 3.05) is 7.11 Å². The molecule has 0 spiro atoms. The molecule has 1 aromatic carbocycles. The molecule has 0 bridgehead atoms. The second-order valence-corrected chi connectivity index (χ2v) is 3.94. The Labute approximate surface area is 96.7 Å². The number of carbonyl (C=O) groups is 1. The molecule has 0 amide bonds. The fourth-order valence-corrected chi connectivity index (χ4v) is 1.94. The van der Waals surface area contributed by atoms with E-state index in [1.54, 1.807) is 25.3 Å². The Morgan fingerprint density at radius 2 is 2.33 bits per heavy atom. The Morgan fingerprint density at radius 1 is 1.60 bits per heavy atom. The van der Waals surface area contributed by atoms with Crippen LogP contribution in [0.1, 0.15) is 0 Å². The lowest BCUT2D eigenvalue weighted by Crippen LogP contribution is -1.86. The number of thioether (sulfide) groups is 1. The molecule has 0 heterocycles. The van der Waals surface area contributed by atoms with Crippen LogP contribution in [0.5, 0.6) is 5.75 Å². The maximum absolute atomic E-state index is 10.3. The van der Waals surface area contributed by atoms with E-state index in [2.05, 4.69) is 0 Å². The Balaban J connectivity index is 2.82. The average Bonchev–Trinajstić information content (AvgIpc) is 2.17. The molecule has 0 saturated heterocycles. The smallest absolute Gasteiger partial charge is 0.328 e. The molecule has 15 heavy (non-hydrogen) atoms. The summed E-state index contributed by atoms with van der Waals surface area (Å²) in [4.78, 5) is 11.0. The lowest BCUT2D eigenvalue weighted by Gasteiger charge is -2.05. The summed E-state index contributed by atoms with van der Waals surface area (Å²) in [6.45, 7) is 0. The van der Waals surface area contributed by atoms with Gasteiger partial charge in [0.25, 0.3) is 0 Å². The first kappa shape index (κ1) is 11.9. The maximum atomic E-state index is 10.3. The van der Waals surface area contributed by atoms with Gasteiger partial charge >= 0.3 is 5.97 Å². The van der Waals surface area contributed by atoms with Crippen molar-refractivity contribution in [2.45, 2.75) is 4.90 Å². The Bertz CT molecular complexity index is 390. The molecule has 0 radical (unpaired) electrons. The van der Waals surface area contributed by atoms with E-state index in [1.807, 2.05) is 0 Å². The highest BCUT2D eigenvalue weighted by molar-refractivity contribution is 8.02. The molecule has 3 nitrogen and oxygen atoms in total. The topological polar surface area (TPSA) is 46.5 Å². The number of methoxy groups -OCH3 is 1. The van der Waals surface area contributed by atoms with Gasteiger partial charge in [0.2, 0.25) is 0 Å². The minimum Gasteiger partial charge on any atom is -0.496 e. The van der Waals surface area contributed by atoms with Gasteiger partial charge in [0, 0.05) is 11.1 Å². The minimum atomic E-state index is -0.983. The van der Waals surface area contributed by atoms with Gasteiger partial charge in [-0.25, -0.2) is 4.79 Å². The number of hydrogen-bond acceptors (Lipinski definition) is 3.